The van der Waals surface area contributed by atoms with Crippen molar-refractivity contribution in [3.8, 4) is 0 Å². The number of rotatable bonds is 3. The van der Waals surface area contributed by atoms with Crippen molar-refractivity contribution in [2.45, 2.75) is 13.0 Å². The van der Waals surface area contributed by atoms with E-state index in [0.29, 0.717) is 0 Å². The first-order valence-corrected chi connectivity index (χ1v) is 3.63. The maximum Gasteiger partial charge on any atom is 0.418 e. The van der Waals surface area contributed by atoms with Crippen LogP contribution in [-0.2, 0) is 9.53 Å². The highest BCUT2D eigenvalue weighted by Crippen LogP contribution is 2.19. The van der Waals surface area contributed by atoms with E-state index in [-0.39, 0.29) is 5.56 Å². The van der Waals surface area contributed by atoms with Gasteiger partial charge in [0.05, 0.1) is 0 Å². The summed E-state index contributed by atoms with van der Waals surface area (Å²) in [4.78, 5) is 9.82. The summed E-state index contributed by atoms with van der Waals surface area (Å²) < 4.78 is 29.8. The second kappa shape index (κ2) is 3.98. The summed E-state index contributed by atoms with van der Waals surface area (Å²) in [5.41, 5.74) is 0.129. The zero-order valence-corrected chi connectivity index (χ0v) is 6.88. The molecule has 0 fully saturated rings. The normalized spacial score (nSPS) is 12.2. The van der Waals surface area contributed by atoms with Gasteiger partial charge >= 0.3 is 6.47 Å². The predicted molar refractivity (Wildman–Crippen MR) is 41.6 cm³/mol. The van der Waals surface area contributed by atoms with Gasteiger partial charge in [0.1, 0.15) is 17.7 Å². The lowest BCUT2D eigenvalue weighted by Crippen LogP contribution is -2.01. The predicted octanol–water partition coefficient (Wildman–Crippen LogP) is 2.11. The van der Waals surface area contributed by atoms with Gasteiger partial charge in [-0.1, -0.05) is 0 Å². The minimum absolute atomic E-state index is 0.129. The van der Waals surface area contributed by atoms with Crippen LogP contribution in [0, 0.1) is 11.6 Å². The highest BCUT2D eigenvalue weighted by atomic mass is 19.1. The minimum Gasteiger partial charge on any atom is -0.449 e. The quantitative estimate of drug-likeness (QED) is 0.720. The zero-order valence-electron chi connectivity index (χ0n) is 6.88. The summed E-state index contributed by atoms with van der Waals surface area (Å²) in [5.74, 6) is -1.40. The standard InChI is InChI=1S/C9H7F2O2/c1-6(13-5-12)8-3-2-7(10)4-9(8)11/h2-4,6H,1H3. The molecule has 1 aromatic carbocycles. The van der Waals surface area contributed by atoms with Gasteiger partial charge in [-0.3, -0.25) is 0 Å². The summed E-state index contributed by atoms with van der Waals surface area (Å²) >= 11 is 0. The third-order valence-electron chi connectivity index (χ3n) is 1.63. The molecule has 1 radical (unpaired) electrons. The number of carbonyl (C=O) groups excluding carboxylic acids is 1. The Hall–Kier alpha value is -1.45. The first-order chi connectivity index (χ1) is 6.15. The molecule has 1 unspecified atom stereocenters. The Morgan fingerprint density at radius 1 is 1.46 bits per heavy atom. The Kier molecular flexibility index (Phi) is 2.95. The molecule has 1 rings (SSSR count). The molecule has 0 saturated carbocycles. The summed E-state index contributed by atoms with van der Waals surface area (Å²) in [6.07, 6.45) is -0.752. The third kappa shape index (κ3) is 2.24. The molecule has 0 aliphatic rings. The van der Waals surface area contributed by atoms with Crippen LogP contribution in [-0.4, -0.2) is 6.47 Å². The molecule has 13 heavy (non-hydrogen) atoms. The van der Waals surface area contributed by atoms with E-state index in [1.807, 2.05) is 0 Å². The number of benzene rings is 1. The Balaban J connectivity index is 2.94. The average Bonchev–Trinajstić information content (AvgIpc) is 2.04. The highest BCUT2D eigenvalue weighted by molar-refractivity contribution is 5.39. The van der Waals surface area contributed by atoms with Crippen LogP contribution in [0.1, 0.15) is 18.6 Å². The van der Waals surface area contributed by atoms with Crippen LogP contribution in [0.4, 0.5) is 8.78 Å². The van der Waals surface area contributed by atoms with E-state index in [4.69, 9.17) is 0 Å². The third-order valence-corrected chi connectivity index (χ3v) is 1.63. The fourth-order valence-corrected chi connectivity index (χ4v) is 0.967. The molecule has 0 aromatic heterocycles. The van der Waals surface area contributed by atoms with Gasteiger partial charge in [0, 0.05) is 11.6 Å². The lowest BCUT2D eigenvalue weighted by atomic mass is 10.1. The maximum absolute atomic E-state index is 13.0. The van der Waals surface area contributed by atoms with E-state index in [2.05, 4.69) is 4.74 Å². The molecule has 4 heteroatoms. The number of hydrogen-bond donors (Lipinski definition) is 0. The van der Waals surface area contributed by atoms with E-state index in [1.165, 1.54) is 19.5 Å². The summed E-state index contributed by atoms with van der Waals surface area (Å²) in [5, 5.41) is 0. The number of hydrogen-bond acceptors (Lipinski definition) is 2. The second-order valence-electron chi connectivity index (χ2n) is 2.51. The molecular formula is C9H7F2O2. The summed E-state index contributed by atoms with van der Waals surface area (Å²) in [6, 6.07) is 3.07. The Labute approximate surface area is 74.1 Å². The topological polar surface area (TPSA) is 26.3 Å². The first kappa shape index (κ1) is 9.64. The fraction of sp³-hybridized carbons (Fsp3) is 0.222. The largest absolute Gasteiger partial charge is 0.449 e. The van der Waals surface area contributed by atoms with Gasteiger partial charge in [0.2, 0.25) is 0 Å². The van der Waals surface area contributed by atoms with Gasteiger partial charge in [0.15, 0.2) is 0 Å². The molecule has 0 saturated heterocycles. The molecule has 69 valence electrons. The van der Waals surface area contributed by atoms with E-state index in [1.54, 1.807) is 0 Å². The highest BCUT2D eigenvalue weighted by Gasteiger charge is 2.12. The lowest BCUT2D eigenvalue weighted by Gasteiger charge is -2.09. The van der Waals surface area contributed by atoms with Crippen molar-refractivity contribution >= 4 is 6.47 Å². The first-order valence-electron chi connectivity index (χ1n) is 3.63. The zero-order chi connectivity index (χ0) is 9.84. The molecule has 0 bridgehead atoms. The smallest absolute Gasteiger partial charge is 0.418 e. The van der Waals surface area contributed by atoms with Crippen molar-refractivity contribution in [1.82, 2.24) is 0 Å². The molecule has 0 N–H and O–H groups in total. The van der Waals surface area contributed by atoms with Crippen molar-refractivity contribution in [1.29, 1.82) is 0 Å². The molecule has 0 aliphatic heterocycles. The molecule has 0 amide bonds. The number of halogens is 2. The second-order valence-corrected chi connectivity index (χ2v) is 2.51. The molecule has 1 atom stereocenters. The lowest BCUT2D eigenvalue weighted by molar-refractivity contribution is 0.193. The Morgan fingerprint density at radius 3 is 2.69 bits per heavy atom. The van der Waals surface area contributed by atoms with E-state index < -0.39 is 17.7 Å². The summed E-state index contributed by atoms with van der Waals surface area (Å²) in [6.45, 7) is 2.67. The van der Waals surface area contributed by atoms with Gasteiger partial charge < -0.3 is 4.74 Å². The van der Waals surface area contributed by atoms with Crippen LogP contribution < -0.4 is 0 Å². The van der Waals surface area contributed by atoms with Gasteiger partial charge in [-0.05, 0) is 19.1 Å². The van der Waals surface area contributed by atoms with Crippen LogP contribution in [0.3, 0.4) is 0 Å². The monoisotopic (exact) mass is 185 g/mol. The van der Waals surface area contributed by atoms with Gasteiger partial charge in [0.25, 0.3) is 0 Å². The SMILES string of the molecule is CC(O[C]=O)c1ccc(F)cc1F. The van der Waals surface area contributed by atoms with Crippen LogP contribution in [0.25, 0.3) is 0 Å². The van der Waals surface area contributed by atoms with Crippen LogP contribution >= 0.6 is 0 Å². The Bertz CT molecular complexity index is 312. The molecule has 1 aromatic rings. The molecule has 2 nitrogen and oxygen atoms in total. The van der Waals surface area contributed by atoms with Crippen LogP contribution in [0.5, 0.6) is 0 Å². The Morgan fingerprint density at radius 2 is 2.15 bits per heavy atom. The van der Waals surface area contributed by atoms with Gasteiger partial charge in [-0.15, -0.1) is 0 Å². The van der Waals surface area contributed by atoms with Crippen LogP contribution in [0.2, 0.25) is 0 Å². The van der Waals surface area contributed by atoms with Crippen molar-refractivity contribution in [2.24, 2.45) is 0 Å². The molecule has 0 heterocycles. The van der Waals surface area contributed by atoms with Crippen molar-refractivity contribution in [2.75, 3.05) is 0 Å². The summed E-state index contributed by atoms with van der Waals surface area (Å²) in [7, 11) is 0. The molecule has 0 aliphatic carbocycles. The van der Waals surface area contributed by atoms with Crippen molar-refractivity contribution < 1.29 is 18.3 Å². The van der Waals surface area contributed by atoms with E-state index in [0.717, 1.165) is 12.1 Å². The molecule has 0 spiro atoms. The van der Waals surface area contributed by atoms with E-state index in [9.17, 15) is 13.6 Å². The maximum atomic E-state index is 13.0. The van der Waals surface area contributed by atoms with Gasteiger partial charge in [-0.2, -0.15) is 0 Å². The van der Waals surface area contributed by atoms with Crippen LogP contribution in [0.15, 0.2) is 18.2 Å². The fourth-order valence-electron chi connectivity index (χ4n) is 0.967. The average molecular weight is 185 g/mol. The minimum atomic E-state index is -0.752. The van der Waals surface area contributed by atoms with Crippen molar-refractivity contribution in [3.05, 3.63) is 35.4 Å². The number of ether oxygens (including phenoxy) is 1. The van der Waals surface area contributed by atoms with Gasteiger partial charge in [-0.25, -0.2) is 13.6 Å². The van der Waals surface area contributed by atoms with Crippen molar-refractivity contribution in [3.63, 3.8) is 0 Å². The molecular weight excluding hydrogens is 178 g/mol. The van der Waals surface area contributed by atoms with E-state index >= 15 is 0 Å².